The Morgan fingerprint density at radius 3 is 2.95 bits per heavy atom. The SMILES string of the molecule is CCc1cc(-c2ccccn2)c2ccc3c(c2n1)CCO3. The third kappa shape index (κ3) is 1.97. The topological polar surface area (TPSA) is 35.0 Å². The molecule has 21 heavy (non-hydrogen) atoms. The Bertz CT molecular complexity index is 812. The molecule has 0 unspecified atom stereocenters. The van der Waals surface area contributed by atoms with E-state index < -0.39 is 0 Å². The largest absolute Gasteiger partial charge is 0.493 e. The van der Waals surface area contributed by atoms with Crippen molar-refractivity contribution >= 4 is 10.9 Å². The zero-order chi connectivity index (χ0) is 14.2. The Kier molecular flexibility index (Phi) is 2.85. The van der Waals surface area contributed by atoms with E-state index in [1.54, 1.807) is 0 Å². The van der Waals surface area contributed by atoms with Crippen molar-refractivity contribution < 1.29 is 4.74 Å². The number of fused-ring (bicyclic) bond motifs is 3. The van der Waals surface area contributed by atoms with Gasteiger partial charge in [0.1, 0.15) is 5.75 Å². The van der Waals surface area contributed by atoms with Gasteiger partial charge < -0.3 is 4.74 Å². The lowest BCUT2D eigenvalue weighted by atomic mass is 9.99. The van der Waals surface area contributed by atoms with E-state index in [2.05, 4.69) is 36.2 Å². The standard InChI is InChI=1S/C18H16N2O/c1-2-12-11-15(16-5-3-4-9-19-16)13-6-7-17-14(8-10-21-17)18(13)20-12/h3-7,9,11H,2,8,10H2,1H3. The van der Waals surface area contributed by atoms with Crippen molar-refractivity contribution in [2.24, 2.45) is 0 Å². The van der Waals surface area contributed by atoms with E-state index in [1.807, 2.05) is 18.3 Å². The molecule has 4 rings (SSSR count). The van der Waals surface area contributed by atoms with Gasteiger partial charge in [-0.1, -0.05) is 13.0 Å². The maximum atomic E-state index is 5.67. The first-order valence-electron chi connectivity index (χ1n) is 7.36. The Hall–Kier alpha value is -2.42. The fourth-order valence-electron chi connectivity index (χ4n) is 2.94. The van der Waals surface area contributed by atoms with E-state index in [0.29, 0.717) is 0 Å². The molecule has 0 bridgehead atoms. The fourth-order valence-corrected chi connectivity index (χ4v) is 2.94. The van der Waals surface area contributed by atoms with E-state index in [1.165, 1.54) is 5.56 Å². The molecule has 0 N–H and O–H groups in total. The number of hydrogen-bond acceptors (Lipinski definition) is 3. The van der Waals surface area contributed by atoms with Gasteiger partial charge in [-0.25, -0.2) is 0 Å². The van der Waals surface area contributed by atoms with Crippen LogP contribution in [0.15, 0.2) is 42.6 Å². The Morgan fingerprint density at radius 1 is 1.19 bits per heavy atom. The Labute approximate surface area is 123 Å². The van der Waals surface area contributed by atoms with Gasteiger partial charge in [0.25, 0.3) is 0 Å². The third-order valence-electron chi connectivity index (χ3n) is 4.01. The molecule has 0 saturated carbocycles. The number of aryl methyl sites for hydroxylation is 1. The van der Waals surface area contributed by atoms with Crippen LogP contribution in [0.4, 0.5) is 0 Å². The van der Waals surface area contributed by atoms with E-state index >= 15 is 0 Å². The highest BCUT2D eigenvalue weighted by molar-refractivity contribution is 5.96. The van der Waals surface area contributed by atoms with Crippen molar-refractivity contribution in [2.45, 2.75) is 19.8 Å². The molecule has 3 nitrogen and oxygen atoms in total. The van der Waals surface area contributed by atoms with Crippen LogP contribution in [0.3, 0.4) is 0 Å². The zero-order valence-corrected chi connectivity index (χ0v) is 12.0. The summed E-state index contributed by atoms with van der Waals surface area (Å²) in [5.74, 6) is 0.982. The predicted octanol–water partition coefficient (Wildman–Crippen LogP) is 3.79. The Balaban J connectivity index is 2.06. The average Bonchev–Trinajstić information content (AvgIpc) is 3.03. The lowest BCUT2D eigenvalue weighted by Gasteiger charge is -2.11. The van der Waals surface area contributed by atoms with Gasteiger partial charge in [0.15, 0.2) is 0 Å². The van der Waals surface area contributed by atoms with Crippen LogP contribution in [0.25, 0.3) is 22.2 Å². The second-order valence-corrected chi connectivity index (χ2v) is 5.27. The molecule has 0 fully saturated rings. The van der Waals surface area contributed by atoms with Crippen molar-refractivity contribution in [2.75, 3.05) is 6.61 Å². The van der Waals surface area contributed by atoms with Gasteiger partial charge >= 0.3 is 0 Å². The lowest BCUT2D eigenvalue weighted by molar-refractivity contribution is 0.357. The summed E-state index contributed by atoms with van der Waals surface area (Å²) in [5.41, 5.74) is 5.57. The van der Waals surface area contributed by atoms with Crippen molar-refractivity contribution in [3.8, 4) is 17.0 Å². The smallest absolute Gasteiger partial charge is 0.124 e. The van der Waals surface area contributed by atoms with Crippen molar-refractivity contribution in [1.29, 1.82) is 0 Å². The van der Waals surface area contributed by atoms with Crippen LogP contribution in [0.5, 0.6) is 5.75 Å². The van der Waals surface area contributed by atoms with Gasteiger partial charge in [0, 0.05) is 34.8 Å². The summed E-state index contributed by atoms with van der Waals surface area (Å²) in [4.78, 5) is 9.35. The fraction of sp³-hybridized carbons (Fsp3) is 0.222. The highest BCUT2D eigenvalue weighted by Crippen LogP contribution is 2.36. The predicted molar refractivity (Wildman–Crippen MR) is 83.6 cm³/mol. The quantitative estimate of drug-likeness (QED) is 0.714. The molecule has 0 saturated heterocycles. The number of benzene rings is 1. The molecule has 1 aliphatic rings. The summed E-state index contributed by atoms with van der Waals surface area (Å²) >= 11 is 0. The van der Waals surface area contributed by atoms with Gasteiger partial charge in [0.2, 0.25) is 0 Å². The maximum Gasteiger partial charge on any atom is 0.124 e. The van der Waals surface area contributed by atoms with Crippen molar-refractivity contribution in [3.05, 3.63) is 53.9 Å². The zero-order valence-electron chi connectivity index (χ0n) is 12.0. The van der Waals surface area contributed by atoms with E-state index in [-0.39, 0.29) is 0 Å². The van der Waals surface area contributed by atoms with Crippen LogP contribution in [0.2, 0.25) is 0 Å². The summed E-state index contributed by atoms with van der Waals surface area (Å²) in [5, 5.41) is 1.16. The molecule has 0 radical (unpaired) electrons. The second-order valence-electron chi connectivity index (χ2n) is 5.27. The first-order valence-corrected chi connectivity index (χ1v) is 7.36. The molecule has 0 spiro atoms. The van der Waals surface area contributed by atoms with Gasteiger partial charge in [-0.15, -0.1) is 0 Å². The first kappa shape index (κ1) is 12.3. The number of nitrogens with zero attached hydrogens (tertiary/aromatic N) is 2. The summed E-state index contributed by atoms with van der Waals surface area (Å²) in [6, 6.07) is 12.3. The van der Waals surface area contributed by atoms with Crippen LogP contribution in [0, 0.1) is 0 Å². The van der Waals surface area contributed by atoms with Gasteiger partial charge in [0.05, 0.1) is 17.8 Å². The van der Waals surface area contributed by atoms with Crippen LogP contribution in [-0.4, -0.2) is 16.6 Å². The second kappa shape index (κ2) is 4.85. The highest BCUT2D eigenvalue weighted by atomic mass is 16.5. The van der Waals surface area contributed by atoms with E-state index in [4.69, 9.17) is 9.72 Å². The van der Waals surface area contributed by atoms with Crippen molar-refractivity contribution in [1.82, 2.24) is 9.97 Å². The van der Waals surface area contributed by atoms with E-state index in [0.717, 1.165) is 53.1 Å². The molecule has 0 aliphatic carbocycles. The Morgan fingerprint density at radius 2 is 2.14 bits per heavy atom. The summed E-state index contributed by atoms with van der Waals surface area (Å²) in [7, 11) is 0. The maximum absolute atomic E-state index is 5.67. The molecule has 1 aromatic carbocycles. The summed E-state index contributed by atoms with van der Waals surface area (Å²) in [6.07, 6.45) is 3.69. The minimum Gasteiger partial charge on any atom is -0.493 e. The third-order valence-corrected chi connectivity index (χ3v) is 4.01. The van der Waals surface area contributed by atoms with Crippen LogP contribution >= 0.6 is 0 Å². The van der Waals surface area contributed by atoms with Crippen molar-refractivity contribution in [3.63, 3.8) is 0 Å². The lowest BCUT2D eigenvalue weighted by Crippen LogP contribution is -1.95. The van der Waals surface area contributed by atoms with Gasteiger partial charge in [-0.3, -0.25) is 9.97 Å². The number of ether oxygens (including phenoxy) is 1. The summed E-state index contributed by atoms with van der Waals surface area (Å²) in [6.45, 7) is 2.89. The molecule has 3 heterocycles. The van der Waals surface area contributed by atoms with Crippen LogP contribution in [-0.2, 0) is 12.8 Å². The van der Waals surface area contributed by atoms with Crippen LogP contribution < -0.4 is 4.74 Å². The molecule has 3 heteroatoms. The monoisotopic (exact) mass is 276 g/mol. The number of rotatable bonds is 2. The molecule has 0 amide bonds. The first-order chi connectivity index (χ1) is 10.4. The molecular formula is C18H16N2O. The minimum absolute atomic E-state index is 0.755. The molecule has 2 aromatic heterocycles. The molecule has 3 aromatic rings. The highest BCUT2D eigenvalue weighted by Gasteiger charge is 2.19. The number of aromatic nitrogens is 2. The molecule has 104 valence electrons. The van der Waals surface area contributed by atoms with E-state index in [9.17, 15) is 0 Å². The van der Waals surface area contributed by atoms with Gasteiger partial charge in [-0.05, 0) is 36.8 Å². The number of hydrogen-bond donors (Lipinski definition) is 0. The molecule has 0 atom stereocenters. The molecular weight excluding hydrogens is 260 g/mol. The average molecular weight is 276 g/mol. The number of pyridine rings is 2. The normalized spacial score (nSPS) is 13.2. The molecule has 1 aliphatic heterocycles. The summed E-state index contributed by atoms with van der Waals surface area (Å²) < 4.78 is 5.67. The van der Waals surface area contributed by atoms with Gasteiger partial charge in [-0.2, -0.15) is 0 Å². The van der Waals surface area contributed by atoms with Crippen LogP contribution in [0.1, 0.15) is 18.2 Å². The minimum atomic E-state index is 0.755.